The van der Waals surface area contributed by atoms with E-state index in [2.05, 4.69) is 11.8 Å². The van der Waals surface area contributed by atoms with E-state index in [4.69, 9.17) is 5.14 Å². The van der Waals surface area contributed by atoms with Gasteiger partial charge in [0.15, 0.2) is 0 Å². The molecule has 96 valence electrons. The monoisotopic (exact) mass is 275 g/mol. The summed E-state index contributed by atoms with van der Waals surface area (Å²) in [5.74, 6) is 5.38. The third kappa shape index (κ3) is 3.65. The normalized spacial score (nSPS) is 10.6. The zero-order valence-corrected chi connectivity index (χ0v) is 10.6. The van der Waals surface area contributed by atoms with Crippen molar-refractivity contribution in [1.82, 2.24) is 0 Å². The molecule has 0 atom stereocenters. The molecule has 0 spiro atoms. The zero-order valence-electron chi connectivity index (χ0n) is 9.80. The van der Waals surface area contributed by atoms with Gasteiger partial charge in [0.2, 0.25) is 10.0 Å². The van der Waals surface area contributed by atoms with E-state index >= 15 is 0 Å². The molecule has 0 amide bonds. The number of sulfonamides is 1. The van der Waals surface area contributed by atoms with Gasteiger partial charge in [-0.25, -0.2) is 17.9 Å². The molecule has 2 rings (SSSR count). The minimum absolute atomic E-state index is 0.0415. The fraction of sp³-hybridized carbons (Fsp3) is 0. The molecule has 2 aromatic rings. The van der Waals surface area contributed by atoms with E-state index < -0.39 is 10.0 Å². The first-order chi connectivity index (χ1) is 8.95. The standard InChI is InChI=1S/C14H10FNO2S/c15-13-7-3-11(4-8-13)1-2-12-5-9-14(10-6-12)19(16,17)18/h3-10H,(H2,16,17,18). The molecule has 0 saturated heterocycles. The molecular formula is C14H10FNO2S. The summed E-state index contributed by atoms with van der Waals surface area (Å²) in [7, 11) is -3.68. The van der Waals surface area contributed by atoms with Crippen LogP contribution in [0.5, 0.6) is 0 Å². The molecule has 2 aromatic carbocycles. The molecule has 3 nitrogen and oxygen atoms in total. The maximum atomic E-state index is 12.7. The van der Waals surface area contributed by atoms with Gasteiger partial charge in [0.05, 0.1) is 4.90 Å². The highest BCUT2D eigenvalue weighted by molar-refractivity contribution is 7.89. The van der Waals surface area contributed by atoms with Gasteiger partial charge in [-0.15, -0.1) is 0 Å². The maximum Gasteiger partial charge on any atom is 0.238 e. The van der Waals surface area contributed by atoms with Gasteiger partial charge in [-0.1, -0.05) is 11.8 Å². The first-order valence-corrected chi connectivity index (χ1v) is 6.90. The van der Waals surface area contributed by atoms with E-state index in [1.165, 1.54) is 24.3 Å². The van der Waals surface area contributed by atoms with Crippen molar-refractivity contribution in [3.8, 4) is 11.8 Å². The van der Waals surface area contributed by atoms with Gasteiger partial charge >= 0.3 is 0 Å². The third-order valence-corrected chi connectivity index (χ3v) is 3.31. The van der Waals surface area contributed by atoms with Crippen LogP contribution in [0.15, 0.2) is 53.4 Å². The van der Waals surface area contributed by atoms with Crippen LogP contribution in [0.4, 0.5) is 4.39 Å². The van der Waals surface area contributed by atoms with E-state index in [1.54, 1.807) is 24.3 Å². The maximum absolute atomic E-state index is 12.7. The highest BCUT2D eigenvalue weighted by atomic mass is 32.2. The van der Waals surface area contributed by atoms with Crippen LogP contribution in [0.25, 0.3) is 0 Å². The third-order valence-electron chi connectivity index (χ3n) is 2.38. The van der Waals surface area contributed by atoms with Crippen LogP contribution in [0.3, 0.4) is 0 Å². The van der Waals surface area contributed by atoms with Gasteiger partial charge < -0.3 is 0 Å². The fourth-order valence-electron chi connectivity index (χ4n) is 1.41. The quantitative estimate of drug-likeness (QED) is 0.808. The lowest BCUT2D eigenvalue weighted by molar-refractivity contribution is 0.598. The van der Waals surface area contributed by atoms with Crippen molar-refractivity contribution in [3.05, 3.63) is 65.5 Å². The second-order valence-corrected chi connectivity index (χ2v) is 5.39. The number of primary sulfonamides is 1. The zero-order chi connectivity index (χ0) is 13.9. The number of hydrogen-bond acceptors (Lipinski definition) is 2. The van der Waals surface area contributed by atoms with Crippen LogP contribution in [-0.2, 0) is 10.0 Å². The molecule has 5 heteroatoms. The summed E-state index contributed by atoms with van der Waals surface area (Å²) >= 11 is 0. The Morgan fingerprint density at radius 2 is 1.26 bits per heavy atom. The van der Waals surface area contributed by atoms with E-state index in [-0.39, 0.29) is 10.7 Å². The summed E-state index contributed by atoms with van der Waals surface area (Å²) in [6.45, 7) is 0. The van der Waals surface area contributed by atoms with Crippen molar-refractivity contribution in [3.63, 3.8) is 0 Å². The smallest absolute Gasteiger partial charge is 0.225 e. The molecule has 0 aliphatic rings. The van der Waals surface area contributed by atoms with Gasteiger partial charge in [-0.3, -0.25) is 0 Å². The molecule has 0 aromatic heterocycles. The summed E-state index contributed by atoms with van der Waals surface area (Å²) in [6.07, 6.45) is 0. The molecule has 0 bridgehead atoms. The van der Waals surface area contributed by atoms with Crippen molar-refractivity contribution in [2.75, 3.05) is 0 Å². The molecular weight excluding hydrogens is 265 g/mol. The van der Waals surface area contributed by atoms with Crippen LogP contribution >= 0.6 is 0 Å². The van der Waals surface area contributed by atoms with Crippen LogP contribution in [0, 0.1) is 17.7 Å². The Kier molecular flexibility index (Phi) is 3.65. The average Bonchev–Trinajstić information content (AvgIpc) is 2.37. The number of benzene rings is 2. The van der Waals surface area contributed by atoms with Crippen LogP contribution in [0.2, 0.25) is 0 Å². The second-order valence-electron chi connectivity index (χ2n) is 3.83. The highest BCUT2D eigenvalue weighted by Gasteiger charge is 2.05. The Labute approximate surface area is 110 Å². The summed E-state index contributed by atoms with van der Waals surface area (Å²) < 4.78 is 34.8. The largest absolute Gasteiger partial charge is 0.238 e. The van der Waals surface area contributed by atoms with Gasteiger partial charge in [-0.05, 0) is 48.5 Å². The van der Waals surface area contributed by atoms with Crippen molar-refractivity contribution in [2.24, 2.45) is 5.14 Å². The van der Waals surface area contributed by atoms with Crippen LogP contribution < -0.4 is 5.14 Å². The molecule has 0 heterocycles. The minimum Gasteiger partial charge on any atom is -0.225 e. The second kappa shape index (κ2) is 5.22. The first kappa shape index (κ1) is 13.3. The molecule has 0 fully saturated rings. The van der Waals surface area contributed by atoms with Gasteiger partial charge in [0.25, 0.3) is 0 Å². The summed E-state index contributed by atoms with van der Waals surface area (Å²) in [5, 5.41) is 4.99. The van der Waals surface area contributed by atoms with Crippen molar-refractivity contribution >= 4 is 10.0 Å². The van der Waals surface area contributed by atoms with Gasteiger partial charge in [0, 0.05) is 11.1 Å². The molecule has 0 saturated carbocycles. The molecule has 0 aliphatic carbocycles. The van der Waals surface area contributed by atoms with E-state index in [1.807, 2.05) is 0 Å². The van der Waals surface area contributed by atoms with Crippen molar-refractivity contribution in [2.45, 2.75) is 4.90 Å². The van der Waals surface area contributed by atoms with E-state index in [9.17, 15) is 12.8 Å². The minimum atomic E-state index is -3.68. The lowest BCUT2D eigenvalue weighted by Gasteiger charge is -1.97. The molecule has 0 unspecified atom stereocenters. The summed E-state index contributed by atoms with van der Waals surface area (Å²) in [4.78, 5) is 0.0415. The Morgan fingerprint density at radius 3 is 1.68 bits per heavy atom. The van der Waals surface area contributed by atoms with E-state index in [0.29, 0.717) is 11.1 Å². The molecule has 2 N–H and O–H groups in total. The van der Waals surface area contributed by atoms with Crippen molar-refractivity contribution in [1.29, 1.82) is 0 Å². The number of nitrogens with two attached hydrogens (primary N) is 1. The van der Waals surface area contributed by atoms with Gasteiger partial charge in [-0.2, -0.15) is 0 Å². The van der Waals surface area contributed by atoms with Crippen LogP contribution in [0.1, 0.15) is 11.1 Å². The van der Waals surface area contributed by atoms with E-state index in [0.717, 1.165) is 0 Å². The van der Waals surface area contributed by atoms with Crippen LogP contribution in [-0.4, -0.2) is 8.42 Å². The topological polar surface area (TPSA) is 60.2 Å². The Bertz CT molecular complexity index is 739. The average molecular weight is 275 g/mol. The first-order valence-electron chi connectivity index (χ1n) is 5.35. The highest BCUT2D eigenvalue weighted by Crippen LogP contribution is 2.08. The SMILES string of the molecule is NS(=O)(=O)c1ccc(C#Cc2ccc(F)cc2)cc1. The lowest BCUT2D eigenvalue weighted by Crippen LogP contribution is -2.11. The Hall–Kier alpha value is -2.16. The predicted molar refractivity (Wildman–Crippen MR) is 70.2 cm³/mol. The Balaban J connectivity index is 2.23. The molecule has 19 heavy (non-hydrogen) atoms. The van der Waals surface area contributed by atoms with Crippen molar-refractivity contribution < 1.29 is 12.8 Å². The number of rotatable bonds is 1. The van der Waals surface area contributed by atoms with Gasteiger partial charge in [0.1, 0.15) is 5.82 Å². The number of hydrogen-bond donors (Lipinski definition) is 1. The number of halogens is 1. The fourth-order valence-corrected chi connectivity index (χ4v) is 1.92. The summed E-state index contributed by atoms with van der Waals surface area (Å²) in [6, 6.07) is 11.7. The molecule has 0 radical (unpaired) electrons. The Morgan fingerprint density at radius 1 is 0.842 bits per heavy atom. The predicted octanol–water partition coefficient (Wildman–Crippen LogP) is 1.87. The lowest BCUT2D eigenvalue weighted by atomic mass is 10.2. The molecule has 0 aliphatic heterocycles. The summed E-state index contributed by atoms with van der Waals surface area (Å²) in [5.41, 5.74) is 1.33.